The normalized spacial score (nSPS) is 19.0. The van der Waals surface area contributed by atoms with E-state index >= 15 is 0 Å². The Labute approximate surface area is 154 Å². The van der Waals surface area contributed by atoms with Crippen LogP contribution in [0.4, 0.5) is 5.69 Å². The zero-order chi connectivity index (χ0) is 18.1. The molecule has 3 N–H and O–H groups in total. The van der Waals surface area contributed by atoms with Crippen molar-refractivity contribution in [2.45, 2.75) is 37.9 Å². The molecule has 1 fully saturated rings. The van der Waals surface area contributed by atoms with E-state index in [2.05, 4.69) is 44.3 Å². The third-order valence-corrected chi connectivity index (χ3v) is 5.05. The highest BCUT2D eigenvalue weighted by Gasteiger charge is 2.31. The fourth-order valence-electron chi connectivity index (χ4n) is 3.46. The number of benzene rings is 1. The summed E-state index contributed by atoms with van der Waals surface area (Å²) < 4.78 is 0. The number of hydrogen-bond donors (Lipinski definition) is 3. The lowest BCUT2D eigenvalue weighted by Crippen LogP contribution is -2.44. The number of rotatable bonds is 5. The largest absolute Gasteiger partial charge is 0.352 e. The molecule has 6 heteroatoms. The minimum absolute atomic E-state index is 0.0394. The molecule has 1 aliphatic carbocycles. The van der Waals surface area contributed by atoms with Crippen molar-refractivity contribution in [3.63, 3.8) is 0 Å². The summed E-state index contributed by atoms with van der Waals surface area (Å²) in [6.07, 6.45) is 7.15. The lowest BCUT2D eigenvalue weighted by molar-refractivity contribution is -0.124. The van der Waals surface area contributed by atoms with E-state index in [-0.39, 0.29) is 11.9 Å². The molecule has 1 unspecified atom stereocenters. The second-order valence-electron chi connectivity index (χ2n) is 7.46. The van der Waals surface area contributed by atoms with E-state index in [1.165, 1.54) is 12.0 Å². The van der Waals surface area contributed by atoms with Crippen LogP contribution in [0.5, 0.6) is 0 Å². The Morgan fingerprint density at radius 1 is 1.23 bits per heavy atom. The van der Waals surface area contributed by atoms with Crippen molar-refractivity contribution in [2.24, 2.45) is 0 Å². The molecule has 1 aromatic carbocycles. The number of hydrogen-bond acceptors (Lipinski definition) is 5. The summed E-state index contributed by atoms with van der Waals surface area (Å²) >= 11 is 0. The van der Waals surface area contributed by atoms with Gasteiger partial charge in [0.05, 0.1) is 5.69 Å². The molecule has 2 aromatic rings. The first kappa shape index (κ1) is 17.0. The highest BCUT2D eigenvalue weighted by atomic mass is 16.2. The Morgan fingerprint density at radius 2 is 2.08 bits per heavy atom. The molecule has 2 aliphatic rings. The SMILES string of the molecule is CN(C)Cc1cncc(-c2ccc3c(c2)C(C(=O)NC2CCC2)NN3)c1. The number of anilines is 1. The molecular formula is C20H25N5O. The van der Waals surface area contributed by atoms with Crippen molar-refractivity contribution in [1.82, 2.24) is 20.6 Å². The van der Waals surface area contributed by atoms with E-state index in [0.717, 1.165) is 41.8 Å². The van der Waals surface area contributed by atoms with Gasteiger partial charge in [-0.3, -0.25) is 9.78 Å². The molecule has 1 saturated carbocycles. The van der Waals surface area contributed by atoms with Crippen LogP contribution >= 0.6 is 0 Å². The summed E-state index contributed by atoms with van der Waals surface area (Å²) in [7, 11) is 4.09. The van der Waals surface area contributed by atoms with E-state index in [9.17, 15) is 4.79 Å². The van der Waals surface area contributed by atoms with E-state index < -0.39 is 0 Å². The third-order valence-electron chi connectivity index (χ3n) is 5.05. The summed E-state index contributed by atoms with van der Waals surface area (Å²) in [5, 5.41) is 3.13. The smallest absolute Gasteiger partial charge is 0.243 e. The monoisotopic (exact) mass is 351 g/mol. The van der Waals surface area contributed by atoms with Gasteiger partial charge in [0, 0.05) is 36.1 Å². The van der Waals surface area contributed by atoms with Crippen molar-refractivity contribution >= 4 is 11.6 Å². The van der Waals surface area contributed by atoms with Gasteiger partial charge in [0.25, 0.3) is 0 Å². The Kier molecular flexibility index (Phi) is 4.61. The molecule has 136 valence electrons. The number of nitrogens with zero attached hydrogens (tertiary/aromatic N) is 2. The summed E-state index contributed by atoms with van der Waals surface area (Å²) in [4.78, 5) is 19.1. The number of carbonyl (C=O) groups excluding carboxylic acids is 1. The minimum Gasteiger partial charge on any atom is -0.352 e. The third kappa shape index (κ3) is 3.43. The predicted octanol–water partition coefficient (Wildman–Crippen LogP) is 2.45. The maximum atomic E-state index is 12.6. The molecule has 26 heavy (non-hydrogen) atoms. The molecule has 6 nitrogen and oxygen atoms in total. The Hall–Kier alpha value is -2.44. The van der Waals surface area contributed by atoms with Crippen LogP contribution in [0.25, 0.3) is 11.1 Å². The number of hydrazine groups is 1. The van der Waals surface area contributed by atoms with Gasteiger partial charge in [0.2, 0.25) is 5.91 Å². The van der Waals surface area contributed by atoms with E-state index in [0.29, 0.717) is 6.04 Å². The molecule has 4 rings (SSSR count). The molecular weight excluding hydrogens is 326 g/mol. The zero-order valence-electron chi connectivity index (χ0n) is 15.2. The second-order valence-corrected chi connectivity index (χ2v) is 7.46. The molecule has 2 heterocycles. The van der Waals surface area contributed by atoms with Crippen LogP contribution in [0.2, 0.25) is 0 Å². The highest BCUT2D eigenvalue weighted by Crippen LogP contribution is 2.33. The molecule has 1 aromatic heterocycles. The van der Waals surface area contributed by atoms with Crippen LogP contribution in [-0.4, -0.2) is 35.9 Å². The van der Waals surface area contributed by atoms with Crippen LogP contribution < -0.4 is 16.2 Å². The summed E-state index contributed by atoms with van der Waals surface area (Å²) in [5.41, 5.74) is 11.5. The number of nitrogens with one attached hydrogen (secondary N) is 3. The maximum absolute atomic E-state index is 12.6. The lowest BCUT2D eigenvalue weighted by atomic mass is 9.92. The van der Waals surface area contributed by atoms with Gasteiger partial charge in [-0.05, 0) is 62.7 Å². The topological polar surface area (TPSA) is 69.3 Å². The fourth-order valence-corrected chi connectivity index (χ4v) is 3.46. The van der Waals surface area contributed by atoms with Crippen molar-refractivity contribution in [3.8, 4) is 11.1 Å². The van der Waals surface area contributed by atoms with Crippen molar-refractivity contribution in [3.05, 3.63) is 47.8 Å². The van der Waals surface area contributed by atoms with Gasteiger partial charge < -0.3 is 15.6 Å². The number of carbonyl (C=O) groups is 1. The van der Waals surface area contributed by atoms with Gasteiger partial charge in [0.1, 0.15) is 6.04 Å². The Bertz CT molecular complexity index is 816. The molecule has 1 amide bonds. The number of aromatic nitrogens is 1. The van der Waals surface area contributed by atoms with E-state index in [4.69, 9.17) is 0 Å². The number of amides is 1. The lowest BCUT2D eigenvalue weighted by Gasteiger charge is -2.27. The van der Waals surface area contributed by atoms with Gasteiger partial charge in [0.15, 0.2) is 0 Å². The van der Waals surface area contributed by atoms with Crippen LogP contribution in [0.1, 0.15) is 36.4 Å². The quantitative estimate of drug-likeness (QED) is 0.772. The minimum atomic E-state index is -0.358. The van der Waals surface area contributed by atoms with Crippen LogP contribution in [-0.2, 0) is 11.3 Å². The van der Waals surface area contributed by atoms with Crippen LogP contribution in [0.3, 0.4) is 0 Å². The summed E-state index contributed by atoms with van der Waals surface area (Å²) in [6.45, 7) is 0.849. The van der Waals surface area contributed by atoms with Gasteiger partial charge in [-0.15, -0.1) is 0 Å². The van der Waals surface area contributed by atoms with Crippen LogP contribution in [0, 0.1) is 0 Å². The molecule has 1 aliphatic heterocycles. The first-order valence-electron chi connectivity index (χ1n) is 9.15. The standard InChI is InChI=1S/C20H25N5O/c1-25(2)12-13-8-15(11-21-10-13)14-6-7-18-17(9-14)19(24-23-18)20(26)22-16-4-3-5-16/h6-11,16,19,23-24H,3-5,12H2,1-2H3,(H,22,26). The number of fused-ring (bicyclic) bond motifs is 1. The summed E-state index contributed by atoms with van der Waals surface area (Å²) in [5.74, 6) is 0.0394. The Balaban J connectivity index is 1.58. The molecule has 0 saturated heterocycles. The van der Waals surface area contributed by atoms with Gasteiger partial charge in [-0.1, -0.05) is 6.07 Å². The van der Waals surface area contributed by atoms with Gasteiger partial charge >= 0.3 is 0 Å². The van der Waals surface area contributed by atoms with E-state index in [1.807, 2.05) is 32.6 Å². The molecule has 0 bridgehead atoms. The van der Waals surface area contributed by atoms with Gasteiger partial charge in [-0.2, -0.15) is 0 Å². The first-order chi connectivity index (χ1) is 12.6. The molecule has 0 spiro atoms. The maximum Gasteiger partial charge on any atom is 0.243 e. The van der Waals surface area contributed by atoms with E-state index in [1.54, 1.807) is 0 Å². The van der Waals surface area contributed by atoms with Crippen LogP contribution in [0.15, 0.2) is 36.7 Å². The molecule has 1 atom stereocenters. The van der Waals surface area contributed by atoms with Crippen molar-refractivity contribution < 1.29 is 4.79 Å². The Morgan fingerprint density at radius 3 is 2.81 bits per heavy atom. The second kappa shape index (κ2) is 7.05. The first-order valence-corrected chi connectivity index (χ1v) is 9.15. The summed E-state index contributed by atoms with van der Waals surface area (Å²) in [6, 6.07) is 8.31. The van der Waals surface area contributed by atoms with Gasteiger partial charge in [-0.25, -0.2) is 5.43 Å². The average Bonchev–Trinajstić information content (AvgIpc) is 3.01. The highest BCUT2D eigenvalue weighted by molar-refractivity contribution is 5.88. The number of pyridine rings is 1. The van der Waals surface area contributed by atoms with Crippen molar-refractivity contribution in [2.75, 3.05) is 19.5 Å². The molecule has 0 radical (unpaired) electrons. The zero-order valence-corrected chi connectivity index (χ0v) is 15.2. The predicted molar refractivity (Wildman–Crippen MR) is 102 cm³/mol. The van der Waals surface area contributed by atoms with Crippen molar-refractivity contribution in [1.29, 1.82) is 0 Å². The fraction of sp³-hybridized carbons (Fsp3) is 0.400. The average molecular weight is 351 g/mol.